The molecule has 2 atom stereocenters. The molecule has 0 saturated heterocycles. The Hall–Kier alpha value is -0.560. The Balaban J connectivity index is 2.77. The van der Waals surface area contributed by atoms with Crippen LogP contribution in [0.1, 0.15) is 39.5 Å². The fourth-order valence-corrected chi connectivity index (χ4v) is 1.82. The SMILES string of the molecule is C=C[C@@H](C)[C@](C)(O)C1=CCCCC1. The predicted molar refractivity (Wildman–Crippen MR) is 56.5 cm³/mol. The van der Waals surface area contributed by atoms with Gasteiger partial charge in [-0.15, -0.1) is 6.58 Å². The molecule has 1 rings (SSSR count). The van der Waals surface area contributed by atoms with E-state index in [0.29, 0.717) is 0 Å². The van der Waals surface area contributed by atoms with Crippen molar-refractivity contribution in [3.8, 4) is 0 Å². The van der Waals surface area contributed by atoms with Crippen molar-refractivity contribution in [3.63, 3.8) is 0 Å². The maximum Gasteiger partial charge on any atom is 0.0888 e. The molecule has 13 heavy (non-hydrogen) atoms. The minimum absolute atomic E-state index is 0.136. The first-order valence-corrected chi connectivity index (χ1v) is 5.13. The molecule has 0 aromatic heterocycles. The lowest BCUT2D eigenvalue weighted by molar-refractivity contribution is 0.0569. The van der Waals surface area contributed by atoms with E-state index in [-0.39, 0.29) is 5.92 Å². The molecule has 74 valence electrons. The summed E-state index contributed by atoms with van der Waals surface area (Å²) in [5.74, 6) is 0.136. The van der Waals surface area contributed by atoms with Crippen molar-refractivity contribution in [3.05, 3.63) is 24.3 Å². The van der Waals surface area contributed by atoms with E-state index < -0.39 is 5.60 Å². The van der Waals surface area contributed by atoms with Gasteiger partial charge in [0.1, 0.15) is 0 Å². The Labute approximate surface area is 81.2 Å². The molecule has 0 fully saturated rings. The van der Waals surface area contributed by atoms with Crippen molar-refractivity contribution in [1.29, 1.82) is 0 Å². The standard InChI is InChI=1S/C12H20O/c1-4-10(2)12(3,13)11-8-6-5-7-9-11/h4,8,10,13H,1,5-7,9H2,2-3H3/t10-,12+/m1/s1. The van der Waals surface area contributed by atoms with Gasteiger partial charge in [-0.05, 0) is 38.2 Å². The van der Waals surface area contributed by atoms with Crippen LogP contribution < -0.4 is 0 Å². The smallest absolute Gasteiger partial charge is 0.0888 e. The van der Waals surface area contributed by atoms with Gasteiger partial charge in [-0.25, -0.2) is 0 Å². The summed E-state index contributed by atoms with van der Waals surface area (Å²) in [5.41, 5.74) is 0.522. The molecule has 0 aromatic carbocycles. The molecule has 1 N–H and O–H groups in total. The lowest BCUT2D eigenvalue weighted by atomic mass is 9.79. The largest absolute Gasteiger partial charge is 0.385 e. The molecule has 1 aliphatic rings. The van der Waals surface area contributed by atoms with Crippen LogP contribution in [0.4, 0.5) is 0 Å². The molecule has 0 spiro atoms. The maximum atomic E-state index is 10.3. The Kier molecular flexibility index (Phi) is 3.32. The van der Waals surface area contributed by atoms with Gasteiger partial charge in [-0.1, -0.05) is 19.1 Å². The third-order valence-corrected chi connectivity index (χ3v) is 3.18. The highest BCUT2D eigenvalue weighted by molar-refractivity contribution is 5.20. The van der Waals surface area contributed by atoms with E-state index in [4.69, 9.17) is 0 Å². The second-order valence-corrected chi connectivity index (χ2v) is 4.15. The summed E-state index contributed by atoms with van der Waals surface area (Å²) in [6.45, 7) is 7.65. The first-order chi connectivity index (χ1) is 6.09. The third kappa shape index (κ3) is 2.22. The molecular weight excluding hydrogens is 160 g/mol. The fourth-order valence-electron chi connectivity index (χ4n) is 1.82. The van der Waals surface area contributed by atoms with E-state index in [1.165, 1.54) is 18.4 Å². The second-order valence-electron chi connectivity index (χ2n) is 4.15. The zero-order valence-corrected chi connectivity index (χ0v) is 8.71. The van der Waals surface area contributed by atoms with Crippen molar-refractivity contribution >= 4 is 0 Å². The molecule has 0 saturated carbocycles. The summed E-state index contributed by atoms with van der Waals surface area (Å²) in [7, 11) is 0. The van der Waals surface area contributed by atoms with Gasteiger partial charge in [0.15, 0.2) is 0 Å². The van der Waals surface area contributed by atoms with Gasteiger partial charge >= 0.3 is 0 Å². The number of hydrogen-bond donors (Lipinski definition) is 1. The van der Waals surface area contributed by atoms with Crippen LogP contribution in [0.25, 0.3) is 0 Å². The normalized spacial score (nSPS) is 24.4. The van der Waals surface area contributed by atoms with Crippen LogP contribution in [-0.4, -0.2) is 10.7 Å². The Morgan fingerprint density at radius 1 is 1.62 bits per heavy atom. The van der Waals surface area contributed by atoms with E-state index in [1.807, 2.05) is 19.9 Å². The van der Waals surface area contributed by atoms with Crippen LogP contribution >= 0.6 is 0 Å². The number of rotatable bonds is 3. The molecule has 0 aromatic rings. The van der Waals surface area contributed by atoms with Crippen LogP contribution in [-0.2, 0) is 0 Å². The molecule has 1 nitrogen and oxygen atoms in total. The zero-order chi connectivity index (χ0) is 9.90. The van der Waals surface area contributed by atoms with Crippen molar-refractivity contribution in [2.45, 2.75) is 45.1 Å². The van der Waals surface area contributed by atoms with Gasteiger partial charge in [0.2, 0.25) is 0 Å². The molecule has 0 aliphatic heterocycles. The molecular formula is C12H20O. The van der Waals surface area contributed by atoms with E-state index in [9.17, 15) is 5.11 Å². The summed E-state index contributed by atoms with van der Waals surface area (Å²) in [6.07, 6.45) is 8.67. The number of allylic oxidation sites excluding steroid dienone is 1. The molecule has 1 heteroatoms. The van der Waals surface area contributed by atoms with Crippen LogP contribution in [0, 0.1) is 5.92 Å². The van der Waals surface area contributed by atoms with Crippen LogP contribution in [0.15, 0.2) is 24.3 Å². The monoisotopic (exact) mass is 180 g/mol. The third-order valence-electron chi connectivity index (χ3n) is 3.18. The molecule has 0 unspecified atom stereocenters. The van der Waals surface area contributed by atoms with Crippen molar-refractivity contribution in [2.24, 2.45) is 5.92 Å². The predicted octanol–water partition coefficient (Wildman–Crippen LogP) is 3.06. The van der Waals surface area contributed by atoms with Gasteiger partial charge in [0.05, 0.1) is 5.60 Å². The summed E-state index contributed by atoms with van der Waals surface area (Å²) < 4.78 is 0. The van der Waals surface area contributed by atoms with E-state index in [1.54, 1.807) is 0 Å². The Morgan fingerprint density at radius 3 is 2.77 bits per heavy atom. The van der Waals surface area contributed by atoms with Crippen molar-refractivity contribution < 1.29 is 5.11 Å². The number of hydrogen-bond acceptors (Lipinski definition) is 1. The minimum atomic E-state index is -0.678. The average molecular weight is 180 g/mol. The molecule has 0 radical (unpaired) electrons. The minimum Gasteiger partial charge on any atom is -0.385 e. The number of aliphatic hydroxyl groups is 1. The first-order valence-electron chi connectivity index (χ1n) is 5.13. The van der Waals surface area contributed by atoms with E-state index in [2.05, 4.69) is 12.7 Å². The fraction of sp³-hybridized carbons (Fsp3) is 0.667. The highest BCUT2D eigenvalue weighted by atomic mass is 16.3. The van der Waals surface area contributed by atoms with Gasteiger partial charge in [-0.3, -0.25) is 0 Å². The van der Waals surface area contributed by atoms with Crippen LogP contribution in [0.2, 0.25) is 0 Å². The second kappa shape index (κ2) is 4.10. The zero-order valence-electron chi connectivity index (χ0n) is 8.71. The summed E-state index contributed by atoms with van der Waals surface area (Å²) in [4.78, 5) is 0. The average Bonchev–Trinajstić information content (AvgIpc) is 2.18. The molecule has 0 bridgehead atoms. The lowest BCUT2D eigenvalue weighted by Crippen LogP contribution is -2.34. The van der Waals surface area contributed by atoms with Gasteiger partial charge in [-0.2, -0.15) is 0 Å². The summed E-state index contributed by atoms with van der Waals surface area (Å²) >= 11 is 0. The topological polar surface area (TPSA) is 20.2 Å². The lowest BCUT2D eigenvalue weighted by Gasteiger charge is -2.33. The molecule has 0 heterocycles. The Bertz CT molecular complexity index is 213. The van der Waals surface area contributed by atoms with Crippen molar-refractivity contribution in [2.75, 3.05) is 0 Å². The maximum absolute atomic E-state index is 10.3. The Morgan fingerprint density at radius 2 is 2.31 bits per heavy atom. The summed E-state index contributed by atoms with van der Waals surface area (Å²) in [6, 6.07) is 0. The van der Waals surface area contributed by atoms with Crippen molar-refractivity contribution in [1.82, 2.24) is 0 Å². The highest BCUT2D eigenvalue weighted by Gasteiger charge is 2.30. The summed E-state index contributed by atoms with van der Waals surface area (Å²) in [5, 5.41) is 10.3. The van der Waals surface area contributed by atoms with E-state index in [0.717, 1.165) is 12.8 Å². The van der Waals surface area contributed by atoms with Gasteiger partial charge in [0.25, 0.3) is 0 Å². The van der Waals surface area contributed by atoms with Crippen LogP contribution in [0.5, 0.6) is 0 Å². The van der Waals surface area contributed by atoms with E-state index >= 15 is 0 Å². The quantitative estimate of drug-likeness (QED) is 0.662. The van der Waals surface area contributed by atoms with Crippen LogP contribution in [0.3, 0.4) is 0 Å². The highest BCUT2D eigenvalue weighted by Crippen LogP contribution is 2.32. The molecule has 1 aliphatic carbocycles. The van der Waals surface area contributed by atoms with Gasteiger partial charge < -0.3 is 5.11 Å². The van der Waals surface area contributed by atoms with Gasteiger partial charge in [0, 0.05) is 5.92 Å². The molecule has 0 amide bonds. The first kappa shape index (κ1) is 10.5.